The molecule has 0 fully saturated rings. The Labute approximate surface area is 90.8 Å². The maximum absolute atomic E-state index is 8.24. The predicted molar refractivity (Wildman–Crippen MR) is 65.3 cm³/mol. The Morgan fingerprint density at radius 1 is 1.00 bits per heavy atom. The third kappa shape index (κ3) is 40.7. The van der Waals surface area contributed by atoms with E-state index in [1.54, 1.807) is 0 Å². The minimum atomic E-state index is 0. The van der Waals surface area contributed by atoms with Crippen molar-refractivity contribution in [3.8, 4) is 0 Å². The summed E-state index contributed by atoms with van der Waals surface area (Å²) in [5.74, 6) is 1.42. The molecule has 0 atom stereocenters. The zero-order chi connectivity index (χ0) is 12.0. The van der Waals surface area contributed by atoms with Crippen LogP contribution in [0, 0.1) is 11.8 Å². The quantitative estimate of drug-likeness (QED) is 0.662. The van der Waals surface area contributed by atoms with Gasteiger partial charge < -0.3 is 15.9 Å². The van der Waals surface area contributed by atoms with Crippen molar-refractivity contribution in [2.75, 3.05) is 20.3 Å². The van der Waals surface area contributed by atoms with Gasteiger partial charge in [0.25, 0.3) is 0 Å². The molecule has 0 spiro atoms. The number of rotatable bonds is 4. The Balaban J connectivity index is -0.0000000653. The molecule has 0 bridgehead atoms. The van der Waals surface area contributed by atoms with Crippen LogP contribution in [0.1, 0.15) is 42.0 Å². The van der Waals surface area contributed by atoms with Crippen molar-refractivity contribution in [3.05, 3.63) is 0 Å². The van der Waals surface area contributed by atoms with Crippen molar-refractivity contribution in [3.63, 3.8) is 0 Å². The summed E-state index contributed by atoms with van der Waals surface area (Å²) in [4.78, 5) is 0. The lowest BCUT2D eigenvalue weighted by Gasteiger charge is -1.96. The lowest BCUT2D eigenvalue weighted by molar-refractivity contribution is 0.268. The number of aliphatic hydroxyl groups excluding tert-OH is 2. The van der Waals surface area contributed by atoms with Crippen LogP contribution in [0.4, 0.5) is 0 Å². The number of aliphatic hydroxyl groups is 2. The Morgan fingerprint density at radius 2 is 1.36 bits per heavy atom. The molecule has 0 heterocycles. The molecule has 14 heavy (non-hydrogen) atoms. The van der Waals surface area contributed by atoms with E-state index in [0.717, 1.165) is 32.4 Å². The van der Waals surface area contributed by atoms with Gasteiger partial charge in [-0.25, -0.2) is 0 Å². The molecule has 0 aromatic carbocycles. The molecule has 0 radical (unpaired) electrons. The SMILES string of the molecule is CC(C)CCN.CC(C)CCO.CO.[HH]. The van der Waals surface area contributed by atoms with Crippen molar-refractivity contribution >= 4 is 0 Å². The van der Waals surface area contributed by atoms with Gasteiger partial charge in [-0.3, -0.25) is 0 Å². The molecule has 0 amide bonds. The Bertz CT molecular complexity index is 71.0. The molecule has 0 aliphatic carbocycles. The number of hydrogen-bond donors (Lipinski definition) is 3. The van der Waals surface area contributed by atoms with E-state index in [1.807, 2.05) is 0 Å². The highest BCUT2D eigenvalue weighted by molar-refractivity contribution is 4.42. The molecule has 0 unspecified atom stereocenters. The molecule has 0 aromatic heterocycles. The summed E-state index contributed by atoms with van der Waals surface area (Å²) in [6.45, 7) is 9.70. The summed E-state index contributed by atoms with van der Waals surface area (Å²) in [6.07, 6.45) is 2.08. The van der Waals surface area contributed by atoms with Crippen molar-refractivity contribution in [1.82, 2.24) is 0 Å². The van der Waals surface area contributed by atoms with E-state index in [-0.39, 0.29) is 1.43 Å². The number of hydrogen-bond acceptors (Lipinski definition) is 3. The molecular weight excluding hydrogens is 178 g/mol. The monoisotopic (exact) mass is 209 g/mol. The van der Waals surface area contributed by atoms with Crippen LogP contribution in [0.15, 0.2) is 0 Å². The lowest BCUT2D eigenvalue weighted by atomic mass is 10.1. The fourth-order valence-corrected chi connectivity index (χ4v) is 0.592. The standard InChI is InChI=1S/C5H13N.C5H12O.CH4O.H2/c2*1-5(2)3-4-6;1-2;/h5H,3-4,6H2,1-2H3;5-6H,3-4H2,1-2H3;2H,1H3;1H. The van der Waals surface area contributed by atoms with Gasteiger partial charge in [0.15, 0.2) is 0 Å². The lowest BCUT2D eigenvalue weighted by Crippen LogP contribution is -2.01. The van der Waals surface area contributed by atoms with Crippen LogP contribution in [0.3, 0.4) is 0 Å². The van der Waals surface area contributed by atoms with Crippen LogP contribution in [0.2, 0.25) is 0 Å². The third-order valence-corrected chi connectivity index (χ3v) is 1.45. The first-order chi connectivity index (χ1) is 6.54. The summed E-state index contributed by atoms with van der Waals surface area (Å²) in [7, 11) is 1.00. The fourth-order valence-electron chi connectivity index (χ4n) is 0.592. The van der Waals surface area contributed by atoms with Crippen LogP contribution >= 0.6 is 0 Å². The maximum atomic E-state index is 8.24. The minimum Gasteiger partial charge on any atom is -0.400 e. The van der Waals surface area contributed by atoms with E-state index in [0.29, 0.717) is 12.5 Å². The van der Waals surface area contributed by atoms with Gasteiger partial charge in [-0.15, -0.1) is 0 Å². The van der Waals surface area contributed by atoms with E-state index < -0.39 is 0 Å². The molecule has 3 nitrogen and oxygen atoms in total. The molecule has 0 rings (SSSR count). The molecule has 4 N–H and O–H groups in total. The van der Waals surface area contributed by atoms with Gasteiger partial charge in [0.2, 0.25) is 0 Å². The normalized spacial score (nSPS) is 9.00. The zero-order valence-electron chi connectivity index (χ0n) is 10.5. The molecule has 92 valence electrons. The topological polar surface area (TPSA) is 66.5 Å². The van der Waals surface area contributed by atoms with Crippen LogP contribution in [-0.2, 0) is 0 Å². The summed E-state index contributed by atoms with van der Waals surface area (Å²) in [6, 6.07) is 0. The first-order valence-corrected chi connectivity index (χ1v) is 5.30. The van der Waals surface area contributed by atoms with Gasteiger partial charge in [0.05, 0.1) is 0 Å². The third-order valence-electron chi connectivity index (χ3n) is 1.45. The second kappa shape index (κ2) is 18.6. The van der Waals surface area contributed by atoms with Crippen molar-refractivity contribution < 1.29 is 11.6 Å². The van der Waals surface area contributed by atoms with Crippen LogP contribution in [0.5, 0.6) is 0 Å². The molecule has 0 aliphatic rings. The van der Waals surface area contributed by atoms with E-state index in [4.69, 9.17) is 15.9 Å². The van der Waals surface area contributed by atoms with Crippen molar-refractivity contribution in [2.45, 2.75) is 40.5 Å². The van der Waals surface area contributed by atoms with E-state index in [9.17, 15) is 0 Å². The molecule has 0 aromatic rings. The van der Waals surface area contributed by atoms with Crippen LogP contribution < -0.4 is 5.73 Å². The van der Waals surface area contributed by atoms with Gasteiger partial charge in [0, 0.05) is 15.1 Å². The smallest absolute Gasteiger partial charge is 0.0433 e. The first-order valence-electron chi connectivity index (χ1n) is 5.30. The molecule has 3 heteroatoms. The molecule has 0 saturated heterocycles. The van der Waals surface area contributed by atoms with Gasteiger partial charge in [0.1, 0.15) is 0 Å². The van der Waals surface area contributed by atoms with E-state index in [2.05, 4.69) is 27.7 Å². The highest BCUT2D eigenvalue weighted by Gasteiger charge is 1.86. The van der Waals surface area contributed by atoms with Crippen molar-refractivity contribution in [2.24, 2.45) is 17.6 Å². The van der Waals surface area contributed by atoms with Crippen LogP contribution in [-0.4, -0.2) is 30.5 Å². The summed E-state index contributed by atoms with van der Waals surface area (Å²) in [5.41, 5.74) is 5.23. The fraction of sp³-hybridized carbons (Fsp3) is 1.00. The Hall–Kier alpha value is -0.120. The Kier molecular flexibility index (Phi) is 25.9. The summed E-state index contributed by atoms with van der Waals surface area (Å²) >= 11 is 0. The second-order valence-corrected chi connectivity index (χ2v) is 3.88. The largest absolute Gasteiger partial charge is 0.400 e. The predicted octanol–water partition coefficient (Wildman–Crippen LogP) is 1.87. The van der Waals surface area contributed by atoms with Crippen molar-refractivity contribution in [1.29, 1.82) is 0 Å². The number of nitrogens with two attached hydrogens (primary N) is 1. The van der Waals surface area contributed by atoms with E-state index in [1.165, 1.54) is 0 Å². The molecule has 0 aliphatic heterocycles. The second-order valence-electron chi connectivity index (χ2n) is 3.88. The zero-order valence-corrected chi connectivity index (χ0v) is 10.5. The highest BCUT2D eigenvalue weighted by atomic mass is 16.3. The summed E-state index contributed by atoms with van der Waals surface area (Å²) < 4.78 is 0. The van der Waals surface area contributed by atoms with Gasteiger partial charge >= 0.3 is 0 Å². The maximum Gasteiger partial charge on any atom is 0.0433 e. The van der Waals surface area contributed by atoms with Gasteiger partial charge in [-0.2, -0.15) is 0 Å². The average Bonchev–Trinajstić information content (AvgIpc) is 2.08. The van der Waals surface area contributed by atoms with Crippen LogP contribution in [0.25, 0.3) is 0 Å². The average molecular weight is 209 g/mol. The highest BCUT2D eigenvalue weighted by Crippen LogP contribution is 1.95. The van der Waals surface area contributed by atoms with Gasteiger partial charge in [-0.1, -0.05) is 27.7 Å². The van der Waals surface area contributed by atoms with Gasteiger partial charge in [-0.05, 0) is 31.2 Å². The minimum absolute atomic E-state index is 0. The van der Waals surface area contributed by atoms with E-state index >= 15 is 0 Å². The Morgan fingerprint density at radius 3 is 1.36 bits per heavy atom. The summed E-state index contributed by atoms with van der Waals surface area (Å²) in [5, 5.41) is 15.2. The first kappa shape index (κ1) is 19.5. The molecular formula is C11H31NO2. The molecule has 0 saturated carbocycles.